The maximum absolute atomic E-state index is 11.4. The van der Waals surface area contributed by atoms with Gasteiger partial charge in [0.25, 0.3) is 5.56 Å². The SMILES string of the molecule is NCC1CN(CCn2ccccc2=O)C1. The average Bonchev–Trinajstić information content (AvgIpc) is 2.18. The van der Waals surface area contributed by atoms with Crippen LogP contribution in [0.2, 0.25) is 0 Å². The normalized spacial score (nSPS) is 17.7. The van der Waals surface area contributed by atoms with Crippen LogP contribution in [-0.4, -0.2) is 35.6 Å². The Hall–Kier alpha value is -1.13. The second kappa shape index (κ2) is 4.59. The van der Waals surface area contributed by atoms with Crippen molar-refractivity contribution >= 4 is 0 Å². The minimum absolute atomic E-state index is 0.0772. The van der Waals surface area contributed by atoms with E-state index in [1.54, 1.807) is 16.7 Å². The summed E-state index contributed by atoms with van der Waals surface area (Å²) in [5.41, 5.74) is 5.62. The van der Waals surface area contributed by atoms with Crippen LogP contribution >= 0.6 is 0 Å². The van der Waals surface area contributed by atoms with E-state index in [4.69, 9.17) is 5.73 Å². The second-order valence-corrected chi connectivity index (χ2v) is 4.09. The van der Waals surface area contributed by atoms with Gasteiger partial charge in [-0.15, -0.1) is 0 Å². The van der Waals surface area contributed by atoms with Crippen LogP contribution in [0, 0.1) is 5.92 Å². The molecule has 1 aromatic heterocycles. The zero-order valence-electron chi connectivity index (χ0n) is 8.80. The van der Waals surface area contributed by atoms with E-state index in [-0.39, 0.29) is 5.56 Å². The number of hydrogen-bond acceptors (Lipinski definition) is 3. The lowest BCUT2D eigenvalue weighted by Crippen LogP contribution is -2.50. The molecule has 0 spiro atoms. The number of rotatable bonds is 4. The molecule has 0 saturated carbocycles. The highest BCUT2D eigenvalue weighted by Crippen LogP contribution is 2.12. The first kappa shape index (κ1) is 10.4. The van der Waals surface area contributed by atoms with Gasteiger partial charge in [-0.25, -0.2) is 0 Å². The highest BCUT2D eigenvalue weighted by molar-refractivity contribution is 4.93. The maximum atomic E-state index is 11.4. The van der Waals surface area contributed by atoms with E-state index in [9.17, 15) is 4.79 Å². The molecule has 0 atom stereocenters. The van der Waals surface area contributed by atoms with Crippen LogP contribution in [0.1, 0.15) is 0 Å². The molecule has 0 bridgehead atoms. The molecule has 0 aliphatic carbocycles. The van der Waals surface area contributed by atoms with E-state index in [0.717, 1.165) is 32.7 Å². The topological polar surface area (TPSA) is 51.3 Å². The third-order valence-electron chi connectivity index (χ3n) is 2.92. The molecule has 1 fully saturated rings. The van der Waals surface area contributed by atoms with E-state index in [0.29, 0.717) is 5.92 Å². The Morgan fingerprint density at radius 1 is 1.33 bits per heavy atom. The standard InChI is InChI=1S/C11H17N3O/c12-7-10-8-13(9-10)5-6-14-4-2-1-3-11(14)15/h1-4,10H,5-9,12H2. The molecule has 2 rings (SSSR count). The average molecular weight is 207 g/mol. The van der Waals surface area contributed by atoms with Crippen molar-refractivity contribution in [3.05, 3.63) is 34.7 Å². The van der Waals surface area contributed by atoms with E-state index < -0.39 is 0 Å². The van der Waals surface area contributed by atoms with Crippen LogP contribution < -0.4 is 11.3 Å². The van der Waals surface area contributed by atoms with Crippen LogP contribution in [0.15, 0.2) is 29.2 Å². The molecule has 4 heteroatoms. The Labute approximate surface area is 89.3 Å². The fraction of sp³-hybridized carbons (Fsp3) is 0.545. The number of nitrogens with zero attached hydrogens (tertiary/aromatic N) is 2. The van der Waals surface area contributed by atoms with Gasteiger partial charge in [0.2, 0.25) is 0 Å². The summed E-state index contributed by atoms with van der Waals surface area (Å²) in [6.45, 7) is 4.66. The van der Waals surface area contributed by atoms with Crippen LogP contribution in [0.25, 0.3) is 0 Å². The summed E-state index contributed by atoms with van der Waals surface area (Å²) in [4.78, 5) is 13.7. The monoisotopic (exact) mass is 207 g/mol. The molecule has 15 heavy (non-hydrogen) atoms. The molecular weight excluding hydrogens is 190 g/mol. The Morgan fingerprint density at radius 3 is 2.80 bits per heavy atom. The molecule has 0 unspecified atom stereocenters. The van der Waals surface area contributed by atoms with E-state index in [1.165, 1.54) is 0 Å². The van der Waals surface area contributed by atoms with Gasteiger partial charge in [0.05, 0.1) is 0 Å². The van der Waals surface area contributed by atoms with Crippen molar-refractivity contribution in [1.82, 2.24) is 9.47 Å². The smallest absolute Gasteiger partial charge is 0.250 e. The van der Waals surface area contributed by atoms with Gasteiger partial charge in [-0.1, -0.05) is 6.07 Å². The van der Waals surface area contributed by atoms with Crippen molar-refractivity contribution < 1.29 is 0 Å². The quantitative estimate of drug-likeness (QED) is 0.740. The molecule has 82 valence electrons. The summed E-state index contributed by atoms with van der Waals surface area (Å²) >= 11 is 0. The summed E-state index contributed by atoms with van der Waals surface area (Å²) in [7, 11) is 0. The minimum Gasteiger partial charge on any atom is -0.330 e. The van der Waals surface area contributed by atoms with Gasteiger partial charge in [-0.05, 0) is 18.5 Å². The third-order valence-corrected chi connectivity index (χ3v) is 2.92. The Kier molecular flexibility index (Phi) is 3.18. The molecular formula is C11H17N3O. The van der Waals surface area contributed by atoms with Crippen molar-refractivity contribution in [2.24, 2.45) is 11.7 Å². The van der Waals surface area contributed by atoms with Crippen molar-refractivity contribution in [3.63, 3.8) is 0 Å². The molecule has 0 aromatic carbocycles. The second-order valence-electron chi connectivity index (χ2n) is 4.09. The van der Waals surface area contributed by atoms with E-state index in [2.05, 4.69) is 4.90 Å². The summed E-state index contributed by atoms with van der Waals surface area (Å²) in [6, 6.07) is 5.26. The summed E-state index contributed by atoms with van der Waals surface area (Å²) < 4.78 is 1.75. The van der Waals surface area contributed by atoms with Crippen molar-refractivity contribution in [3.8, 4) is 0 Å². The zero-order valence-corrected chi connectivity index (χ0v) is 8.80. The molecule has 1 aromatic rings. The lowest BCUT2D eigenvalue weighted by molar-refractivity contribution is 0.101. The number of pyridine rings is 1. The zero-order chi connectivity index (χ0) is 10.7. The van der Waals surface area contributed by atoms with Crippen LogP contribution in [-0.2, 0) is 6.54 Å². The molecule has 0 amide bonds. The fourth-order valence-corrected chi connectivity index (χ4v) is 1.90. The minimum atomic E-state index is 0.0772. The maximum Gasteiger partial charge on any atom is 0.250 e. The lowest BCUT2D eigenvalue weighted by atomic mass is 10.0. The Bertz CT molecular complexity index is 368. The van der Waals surface area contributed by atoms with Gasteiger partial charge in [0.1, 0.15) is 0 Å². The van der Waals surface area contributed by atoms with Gasteiger partial charge in [0.15, 0.2) is 0 Å². The van der Waals surface area contributed by atoms with Gasteiger partial charge < -0.3 is 15.2 Å². The molecule has 1 aliphatic heterocycles. The third kappa shape index (κ3) is 2.46. The van der Waals surface area contributed by atoms with E-state index in [1.807, 2.05) is 12.3 Å². The highest BCUT2D eigenvalue weighted by Gasteiger charge is 2.24. The fourth-order valence-electron chi connectivity index (χ4n) is 1.90. The summed E-state index contributed by atoms with van der Waals surface area (Å²) in [5, 5.41) is 0. The lowest BCUT2D eigenvalue weighted by Gasteiger charge is -2.38. The predicted molar refractivity (Wildman–Crippen MR) is 59.7 cm³/mol. The molecule has 4 nitrogen and oxygen atoms in total. The number of aromatic nitrogens is 1. The predicted octanol–water partition coefficient (Wildman–Crippen LogP) is -0.261. The number of likely N-dealkylation sites (tertiary alicyclic amines) is 1. The first-order valence-electron chi connectivity index (χ1n) is 5.37. The number of hydrogen-bond donors (Lipinski definition) is 1. The van der Waals surface area contributed by atoms with Crippen molar-refractivity contribution in [2.45, 2.75) is 6.54 Å². The molecule has 1 saturated heterocycles. The van der Waals surface area contributed by atoms with Gasteiger partial charge in [-0.3, -0.25) is 4.79 Å². The molecule has 2 heterocycles. The Balaban J connectivity index is 1.80. The largest absolute Gasteiger partial charge is 0.330 e. The van der Waals surface area contributed by atoms with E-state index >= 15 is 0 Å². The summed E-state index contributed by atoms with van der Waals surface area (Å²) in [5.74, 6) is 0.664. The molecule has 0 radical (unpaired) electrons. The number of nitrogens with two attached hydrogens (primary N) is 1. The molecule has 2 N–H and O–H groups in total. The highest BCUT2D eigenvalue weighted by atomic mass is 16.1. The summed E-state index contributed by atoms with van der Waals surface area (Å²) in [6.07, 6.45) is 1.84. The van der Waals surface area contributed by atoms with Gasteiger partial charge in [0, 0.05) is 38.4 Å². The van der Waals surface area contributed by atoms with Crippen LogP contribution in [0.5, 0.6) is 0 Å². The van der Waals surface area contributed by atoms with Crippen molar-refractivity contribution in [2.75, 3.05) is 26.2 Å². The Morgan fingerprint density at radius 2 is 2.13 bits per heavy atom. The molecule has 1 aliphatic rings. The van der Waals surface area contributed by atoms with Crippen LogP contribution in [0.4, 0.5) is 0 Å². The van der Waals surface area contributed by atoms with Crippen molar-refractivity contribution in [1.29, 1.82) is 0 Å². The van der Waals surface area contributed by atoms with Crippen LogP contribution in [0.3, 0.4) is 0 Å². The van der Waals surface area contributed by atoms with Gasteiger partial charge >= 0.3 is 0 Å². The first-order chi connectivity index (χ1) is 7.29. The van der Waals surface area contributed by atoms with Gasteiger partial charge in [-0.2, -0.15) is 0 Å². The first-order valence-corrected chi connectivity index (χ1v) is 5.37.